The molecule has 3 aromatic rings. The third-order valence-corrected chi connectivity index (χ3v) is 6.68. The molecule has 3 rings (SSSR count). The van der Waals surface area contributed by atoms with Crippen LogP contribution in [-0.2, 0) is 22.8 Å². The Labute approximate surface area is 194 Å². The first-order chi connectivity index (χ1) is 15.5. The number of hydrogen-bond donors (Lipinski definition) is 0. The zero-order valence-electron chi connectivity index (χ0n) is 17.9. The average molecular weight is 498 g/mol. The maximum absolute atomic E-state index is 13.0. The predicted octanol–water partition coefficient (Wildman–Crippen LogP) is 5.83. The fourth-order valence-electron chi connectivity index (χ4n) is 3.13. The molecule has 0 unspecified atom stereocenters. The van der Waals surface area contributed by atoms with Crippen molar-refractivity contribution in [2.24, 2.45) is 5.92 Å². The molecule has 0 atom stereocenters. The van der Waals surface area contributed by atoms with Gasteiger partial charge in [-0.2, -0.15) is 21.6 Å². The zero-order chi connectivity index (χ0) is 24.2. The van der Waals surface area contributed by atoms with Gasteiger partial charge >= 0.3 is 16.3 Å². The van der Waals surface area contributed by atoms with Crippen LogP contribution in [0.3, 0.4) is 0 Å². The number of alkyl halides is 3. The summed E-state index contributed by atoms with van der Waals surface area (Å²) in [5.74, 6) is -0.104. The summed E-state index contributed by atoms with van der Waals surface area (Å²) in [6.45, 7) is 4.40. The lowest BCUT2D eigenvalue weighted by atomic mass is 10.1. The number of carbonyl (C=O) groups excluding carboxylic acids is 1. The highest BCUT2D eigenvalue weighted by molar-refractivity contribution is 7.87. The topological polar surface area (TPSA) is 63.7 Å². The Hall–Kier alpha value is -2.85. The summed E-state index contributed by atoms with van der Waals surface area (Å²) in [6, 6.07) is 13.1. The molecule has 0 fully saturated rings. The minimum absolute atomic E-state index is 0.0531. The molecule has 0 saturated heterocycles. The van der Waals surface area contributed by atoms with Crippen molar-refractivity contribution in [2.45, 2.75) is 31.5 Å². The van der Waals surface area contributed by atoms with Crippen molar-refractivity contribution in [3.8, 4) is 5.75 Å². The molecule has 1 amide bonds. The van der Waals surface area contributed by atoms with Crippen molar-refractivity contribution in [3.63, 3.8) is 0 Å². The van der Waals surface area contributed by atoms with Crippen LogP contribution in [0.2, 0.25) is 0 Å². The van der Waals surface area contributed by atoms with E-state index in [9.17, 15) is 26.4 Å². The lowest BCUT2D eigenvalue weighted by molar-refractivity contribution is -0.137. The molecule has 2 aromatic carbocycles. The van der Waals surface area contributed by atoms with Crippen LogP contribution in [-0.4, -0.2) is 25.8 Å². The number of hydrogen-bond acceptors (Lipinski definition) is 5. The second kappa shape index (κ2) is 9.96. The normalized spacial score (nSPS) is 12.1. The molecule has 5 nitrogen and oxygen atoms in total. The molecule has 0 saturated carbocycles. The van der Waals surface area contributed by atoms with Crippen molar-refractivity contribution in [3.05, 3.63) is 82.0 Å². The summed E-state index contributed by atoms with van der Waals surface area (Å²) in [6.07, 6.45) is -4.69. The lowest BCUT2D eigenvalue weighted by Crippen LogP contribution is -2.33. The van der Waals surface area contributed by atoms with Crippen molar-refractivity contribution in [1.29, 1.82) is 0 Å². The predicted molar refractivity (Wildman–Crippen MR) is 120 cm³/mol. The van der Waals surface area contributed by atoms with Crippen LogP contribution in [0.5, 0.6) is 5.75 Å². The fraction of sp³-hybridized carbons (Fsp3) is 0.261. The molecule has 176 valence electrons. The second-order valence-corrected chi connectivity index (χ2v) is 10.2. The summed E-state index contributed by atoms with van der Waals surface area (Å²) in [5, 5.41) is 1.79. The van der Waals surface area contributed by atoms with E-state index in [2.05, 4.69) is 0 Å². The molecule has 0 spiro atoms. The molecule has 0 N–H and O–H groups in total. The smallest absolute Gasteiger partial charge is 0.379 e. The largest absolute Gasteiger partial charge is 0.416 e. The van der Waals surface area contributed by atoms with Gasteiger partial charge in [0, 0.05) is 18.7 Å². The Balaban J connectivity index is 1.90. The Kier molecular flexibility index (Phi) is 7.48. The number of amides is 1. The molecule has 0 aliphatic carbocycles. The second-order valence-electron chi connectivity index (χ2n) is 7.73. The van der Waals surface area contributed by atoms with E-state index in [-0.39, 0.29) is 24.1 Å². The van der Waals surface area contributed by atoms with Gasteiger partial charge in [0.25, 0.3) is 5.91 Å². The summed E-state index contributed by atoms with van der Waals surface area (Å²) >= 11 is 1.30. The van der Waals surface area contributed by atoms with E-state index >= 15 is 0 Å². The van der Waals surface area contributed by atoms with Gasteiger partial charge in [-0.05, 0) is 41.6 Å². The first-order valence-electron chi connectivity index (χ1n) is 10.00. The quantitative estimate of drug-likeness (QED) is 0.367. The molecular formula is C23H22F3NO4S2. The number of rotatable bonds is 8. The van der Waals surface area contributed by atoms with E-state index in [1.54, 1.807) is 40.6 Å². The van der Waals surface area contributed by atoms with Crippen LogP contribution in [0.4, 0.5) is 13.2 Å². The van der Waals surface area contributed by atoms with Crippen LogP contribution in [0, 0.1) is 5.92 Å². The van der Waals surface area contributed by atoms with Gasteiger partial charge in [-0.3, -0.25) is 4.79 Å². The van der Waals surface area contributed by atoms with Crippen LogP contribution < -0.4 is 4.18 Å². The number of halogens is 3. The van der Waals surface area contributed by atoms with Crippen LogP contribution >= 0.6 is 11.3 Å². The van der Waals surface area contributed by atoms with Crippen LogP contribution in [0.1, 0.15) is 34.6 Å². The first kappa shape index (κ1) is 24.8. The number of para-hydroxylation sites is 1. The molecule has 10 heteroatoms. The van der Waals surface area contributed by atoms with E-state index < -0.39 is 26.8 Å². The van der Waals surface area contributed by atoms with E-state index in [0.29, 0.717) is 23.1 Å². The van der Waals surface area contributed by atoms with Crippen molar-refractivity contribution >= 4 is 27.4 Å². The minimum Gasteiger partial charge on any atom is -0.379 e. The fourth-order valence-corrected chi connectivity index (χ4v) is 4.83. The Morgan fingerprint density at radius 3 is 2.42 bits per heavy atom. The van der Waals surface area contributed by atoms with Gasteiger partial charge in [0.1, 0.15) is 10.6 Å². The highest BCUT2D eigenvalue weighted by Crippen LogP contribution is 2.32. The van der Waals surface area contributed by atoms with Gasteiger partial charge in [-0.25, -0.2) is 0 Å². The van der Waals surface area contributed by atoms with E-state index in [1.807, 2.05) is 13.8 Å². The maximum Gasteiger partial charge on any atom is 0.416 e. The van der Waals surface area contributed by atoms with Gasteiger partial charge < -0.3 is 9.08 Å². The molecule has 0 bridgehead atoms. The van der Waals surface area contributed by atoms with E-state index in [0.717, 1.165) is 18.2 Å². The van der Waals surface area contributed by atoms with Crippen molar-refractivity contribution < 1.29 is 30.6 Å². The average Bonchev–Trinajstić information content (AvgIpc) is 3.28. The monoisotopic (exact) mass is 497 g/mol. The summed E-state index contributed by atoms with van der Waals surface area (Å²) < 4.78 is 69.8. The van der Waals surface area contributed by atoms with Crippen molar-refractivity contribution in [2.75, 3.05) is 6.54 Å². The summed E-state index contributed by atoms with van der Waals surface area (Å²) in [7, 11) is -4.54. The molecule has 33 heavy (non-hydrogen) atoms. The van der Waals surface area contributed by atoms with E-state index in [1.165, 1.54) is 17.4 Å². The summed E-state index contributed by atoms with van der Waals surface area (Å²) in [4.78, 5) is 14.5. The molecule has 0 radical (unpaired) electrons. The van der Waals surface area contributed by atoms with Gasteiger partial charge in [0.05, 0.1) is 10.4 Å². The van der Waals surface area contributed by atoms with Crippen LogP contribution in [0.25, 0.3) is 0 Å². The first-order valence-corrected chi connectivity index (χ1v) is 12.3. The lowest BCUT2D eigenvalue weighted by Gasteiger charge is -2.25. The Bertz CT molecular complexity index is 1210. The minimum atomic E-state index is -4.69. The number of benzene rings is 2. The van der Waals surface area contributed by atoms with E-state index in [4.69, 9.17) is 4.18 Å². The molecule has 1 aromatic heterocycles. The molecular weight excluding hydrogens is 475 g/mol. The highest BCUT2D eigenvalue weighted by atomic mass is 32.2. The van der Waals surface area contributed by atoms with Crippen LogP contribution in [0.15, 0.2) is 70.9 Å². The summed E-state index contributed by atoms with van der Waals surface area (Å²) in [5.41, 5.74) is -0.677. The third kappa shape index (κ3) is 6.35. The SMILES string of the molecule is CC(C)CN(Cc1ccccc1OS(=O)(=O)c1cccc(C(F)(F)F)c1)C(=O)c1cccs1. The maximum atomic E-state index is 13.0. The third-order valence-electron chi connectivity index (χ3n) is 4.59. The van der Waals surface area contributed by atoms with Gasteiger partial charge in [0.2, 0.25) is 0 Å². The Morgan fingerprint density at radius 1 is 1.06 bits per heavy atom. The zero-order valence-corrected chi connectivity index (χ0v) is 19.5. The van der Waals surface area contributed by atoms with Gasteiger partial charge in [-0.1, -0.05) is 44.2 Å². The Morgan fingerprint density at radius 2 is 1.79 bits per heavy atom. The molecule has 1 heterocycles. The number of thiophene rings is 1. The number of nitrogens with zero attached hydrogens (tertiary/aromatic N) is 1. The number of carbonyl (C=O) groups is 1. The highest BCUT2D eigenvalue weighted by Gasteiger charge is 2.32. The molecule has 0 aliphatic heterocycles. The van der Waals surface area contributed by atoms with Crippen molar-refractivity contribution in [1.82, 2.24) is 4.90 Å². The van der Waals surface area contributed by atoms with Gasteiger partial charge in [0.15, 0.2) is 0 Å². The molecule has 0 aliphatic rings. The van der Waals surface area contributed by atoms with Gasteiger partial charge in [-0.15, -0.1) is 11.3 Å². The standard InChI is InChI=1S/C23H22F3NO4S2/c1-16(2)14-27(22(28)21-11-6-12-32-21)15-17-7-3-4-10-20(17)31-33(29,30)19-9-5-8-18(13-19)23(24,25)26/h3-13,16H,14-15H2,1-2H3.